The first-order valence-electron chi connectivity index (χ1n) is 8.18. The van der Waals surface area contributed by atoms with Crippen LogP contribution in [0.15, 0.2) is 53.6 Å². The Hall–Kier alpha value is -2.92. The van der Waals surface area contributed by atoms with Gasteiger partial charge in [0.05, 0.1) is 11.4 Å². The van der Waals surface area contributed by atoms with Crippen LogP contribution in [0.4, 0.5) is 0 Å². The van der Waals surface area contributed by atoms with E-state index in [1.165, 1.54) is 11.1 Å². The largest absolute Gasteiger partial charge is 0.289 e. The molecule has 0 bridgehead atoms. The van der Waals surface area contributed by atoms with Gasteiger partial charge in [0.1, 0.15) is 5.69 Å². The van der Waals surface area contributed by atoms with Gasteiger partial charge in [-0.2, -0.15) is 10.2 Å². The molecular weight excluding hydrogens is 348 g/mol. The summed E-state index contributed by atoms with van der Waals surface area (Å²) in [5.74, 6) is -0.362. The number of aromatic amines is 1. The van der Waals surface area contributed by atoms with E-state index in [1.807, 2.05) is 43.3 Å². The molecule has 3 rings (SSSR count). The maximum absolute atomic E-state index is 12.3. The van der Waals surface area contributed by atoms with Gasteiger partial charge in [-0.05, 0) is 50.1 Å². The van der Waals surface area contributed by atoms with E-state index in [9.17, 15) is 4.79 Å². The molecule has 0 aliphatic carbocycles. The van der Waals surface area contributed by atoms with Crippen molar-refractivity contribution < 1.29 is 4.79 Å². The molecule has 0 saturated carbocycles. The maximum Gasteiger partial charge on any atom is 0.289 e. The molecule has 0 radical (unpaired) electrons. The molecule has 3 aromatic rings. The number of hydrogen-bond donors (Lipinski definition) is 2. The lowest BCUT2D eigenvalue weighted by Crippen LogP contribution is -2.19. The van der Waals surface area contributed by atoms with Gasteiger partial charge in [-0.15, -0.1) is 0 Å². The highest BCUT2D eigenvalue weighted by Gasteiger charge is 2.11. The molecule has 5 nitrogen and oxygen atoms in total. The second kappa shape index (κ2) is 7.54. The average Bonchev–Trinajstić information content (AvgIpc) is 3.12. The van der Waals surface area contributed by atoms with Gasteiger partial charge in [0.2, 0.25) is 0 Å². The number of amides is 1. The second-order valence-electron chi connectivity index (χ2n) is 6.08. The molecule has 1 aromatic heterocycles. The third kappa shape index (κ3) is 3.83. The fraction of sp³-hybridized carbons (Fsp3) is 0.150. The first-order valence-corrected chi connectivity index (χ1v) is 8.56. The predicted molar refractivity (Wildman–Crippen MR) is 105 cm³/mol. The zero-order valence-electron chi connectivity index (χ0n) is 14.8. The van der Waals surface area contributed by atoms with Gasteiger partial charge in [-0.1, -0.05) is 41.9 Å². The Morgan fingerprint density at radius 2 is 1.88 bits per heavy atom. The number of carbonyl (C=O) groups is 1. The van der Waals surface area contributed by atoms with Crippen LogP contribution < -0.4 is 5.43 Å². The van der Waals surface area contributed by atoms with Gasteiger partial charge in [0, 0.05) is 16.1 Å². The first-order chi connectivity index (χ1) is 12.5. The van der Waals surface area contributed by atoms with Gasteiger partial charge in [0.15, 0.2) is 0 Å². The van der Waals surface area contributed by atoms with E-state index < -0.39 is 0 Å². The van der Waals surface area contributed by atoms with Crippen LogP contribution in [-0.4, -0.2) is 21.8 Å². The number of hydrazone groups is 1. The van der Waals surface area contributed by atoms with Crippen molar-refractivity contribution in [3.05, 3.63) is 75.9 Å². The molecule has 2 aromatic carbocycles. The molecule has 0 fully saturated rings. The third-order valence-corrected chi connectivity index (χ3v) is 4.54. The van der Waals surface area contributed by atoms with Crippen LogP contribution in [0.2, 0.25) is 5.02 Å². The van der Waals surface area contributed by atoms with E-state index >= 15 is 0 Å². The molecule has 26 heavy (non-hydrogen) atoms. The molecule has 1 heterocycles. The highest BCUT2D eigenvalue weighted by Crippen LogP contribution is 2.21. The Morgan fingerprint density at radius 3 is 2.62 bits per heavy atom. The van der Waals surface area contributed by atoms with E-state index in [2.05, 4.69) is 27.6 Å². The summed E-state index contributed by atoms with van der Waals surface area (Å²) in [6, 6.07) is 15.1. The van der Waals surface area contributed by atoms with Crippen LogP contribution in [0.1, 0.15) is 34.1 Å². The molecule has 132 valence electrons. The third-order valence-electron chi connectivity index (χ3n) is 4.21. The summed E-state index contributed by atoms with van der Waals surface area (Å²) in [5.41, 5.74) is 8.33. The minimum atomic E-state index is -0.362. The van der Waals surface area contributed by atoms with Crippen LogP contribution in [0, 0.1) is 13.8 Å². The van der Waals surface area contributed by atoms with Gasteiger partial charge in [-0.25, -0.2) is 5.43 Å². The molecule has 0 atom stereocenters. The minimum Gasteiger partial charge on any atom is -0.272 e. The molecule has 0 aliphatic heterocycles. The van der Waals surface area contributed by atoms with Gasteiger partial charge in [0.25, 0.3) is 5.91 Å². The molecule has 6 heteroatoms. The molecule has 0 unspecified atom stereocenters. The quantitative estimate of drug-likeness (QED) is 0.527. The highest BCUT2D eigenvalue weighted by atomic mass is 35.5. The topological polar surface area (TPSA) is 70.1 Å². The molecule has 0 saturated heterocycles. The summed E-state index contributed by atoms with van der Waals surface area (Å²) < 4.78 is 0. The number of carbonyl (C=O) groups excluding carboxylic acids is 1. The monoisotopic (exact) mass is 366 g/mol. The zero-order valence-corrected chi connectivity index (χ0v) is 15.6. The molecule has 0 aliphatic rings. The van der Waals surface area contributed by atoms with Crippen molar-refractivity contribution in [3.8, 4) is 11.3 Å². The number of aryl methyl sites for hydroxylation is 2. The van der Waals surface area contributed by atoms with E-state index in [0.29, 0.717) is 22.1 Å². The Bertz CT molecular complexity index is 991. The average molecular weight is 367 g/mol. The lowest BCUT2D eigenvalue weighted by atomic mass is 10.0. The number of hydrogen-bond acceptors (Lipinski definition) is 3. The molecule has 1 amide bonds. The van der Waals surface area contributed by atoms with Gasteiger partial charge >= 0.3 is 0 Å². The Kier molecular flexibility index (Phi) is 5.19. The van der Waals surface area contributed by atoms with Crippen molar-refractivity contribution in [2.75, 3.05) is 0 Å². The summed E-state index contributed by atoms with van der Waals surface area (Å²) in [7, 11) is 0. The van der Waals surface area contributed by atoms with E-state index in [1.54, 1.807) is 19.1 Å². The van der Waals surface area contributed by atoms with Crippen molar-refractivity contribution in [2.45, 2.75) is 20.8 Å². The van der Waals surface area contributed by atoms with Gasteiger partial charge < -0.3 is 0 Å². The maximum atomic E-state index is 12.3. The highest BCUT2D eigenvalue weighted by molar-refractivity contribution is 6.34. The fourth-order valence-corrected chi connectivity index (χ4v) is 2.77. The fourth-order valence-electron chi connectivity index (χ4n) is 2.50. The van der Waals surface area contributed by atoms with Crippen molar-refractivity contribution in [2.24, 2.45) is 5.10 Å². The summed E-state index contributed by atoms with van der Waals surface area (Å²) in [4.78, 5) is 12.3. The van der Waals surface area contributed by atoms with Crippen molar-refractivity contribution in [3.63, 3.8) is 0 Å². The van der Waals surface area contributed by atoms with Crippen molar-refractivity contribution in [1.82, 2.24) is 15.6 Å². The Labute approximate surface area is 157 Å². The lowest BCUT2D eigenvalue weighted by Gasteiger charge is -2.03. The number of rotatable bonds is 4. The van der Waals surface area contributed by atoms with Crippen LogP contribution in [0.5, 0.6) is 0 Å². The first kappa shape index (κ1) is 17.9. The van der Waals surface area contributed by atoms with E-state index in [4.69, 9.17) is 11.6 Å². The number of H-pyrrole nitrogens is 1. The molecule has 2 N–H and O–H groups in total. The van der Waals surface area contributed by atoms with Crippen LogP contribution >= 0.6 is 11.6 Å². The van der Waals surface area contributed by atoms with E-state index in [-0.39, 0.29) is 5.91 Å². The number of halogens is 1. The zero-order chi connectivity index (χ0) is 18.7. The number of nitrogens with one attached hydrogen (secondary N) is 2. The normalized spacial score (nSPS) is 11.5. The standard InChI is InChI=1S/C20H19ClN4O/c1-12-8-9-15(10-13(12)2)18-11-19(24-23-18)20(26)25-22-14(3)16-6-4-5-7-17(16)21/h4-11H,1-3H3,(H,23,24)(H,25,26). The van der Waals surface area contributed by atoms with Crippen molar-refractivity contribution in [1.29, 1.82) is 0 Å². The van der Waals surface area contributed by atoms with Crippen molar-refractivity contribution >= 4 is 23.2 Å². The summed E-state index contributed by atoms with van der Waals surface area (Å²) in [6.45, 7) is 5.89. The summed E-state index contributed by atoms with van der Waals surface area (Å²) in [5, 5.41) is 11.7. The molecule has 0 spiro atoms. The number of benzene rings is 2. The lowest BCUT2D eigenvalue weighted by molar-refractivity contribution is 0.0950. The minimum absolute atomic E-state index is 0.342. The Morgan fingerprint density at radius 1 is 1.12 bits per heavy atom. The van der Waals surface area contributed by atoms with Crippen LogP contribution in [0.3, 0.4) is 0 Å². The summed E-state index contributed by atoms with van der Waals surface area (Å²) >= 11 is 6.14. The molecular formula is C20H19ClN4O. The van der Waals surface area contributed by atoms with Gasteiger partial charge in [-0.3, -0.25) is 9.89 Å². The number of nitrogens with zero attached hydrogens (tertiary/aromatic N) is 2. The SMILES string of the molecule is CC(=NNC(=O)c1cc(-c2ccc(C)c(C)c2)n[nH]1)c1ccccc1Cl. The smallest absolute Gasteiger partial charge is 0.272 e. The van der Waals surface area contributed by atoms with Crippen LogP contribution in [-0.2, 0) is 0 Å². The predicted octanol–water partition coefficient (Wildman–Crippen LogP) is 4.50. The second-order valence-corrected chi connectivity index (χ2v) is 6.49. The number of aromatic nitrogens is 2. The van der Waals surface area contributed by atoms with Crippen LogP contribution in [0.25, 0.3) is 11.3 Å². The Balaban J connectivity index is 1.75. The van der Waals surface area contributed by atoms with E-state index in [0.717, 1.165) is 11.1 Å². The summed E-state index contributed by atoms with van der Waals surface area (Å²) in [6.07, 6.45) is 0.